The van der Waals surface area contributed by atoms with E-state index in [-0.39, 0.29) is 11.8 Å². The molecule has 1 aliphatic heterocycles. The fourth-order valence-corrected chi connectivity index (χ4v) is 3.81. The lowest BCUT2D eigenvalue weighted by molar-refractivity contribution is -0.127. The van der Waals surface area contributed by atoms with Crippen molar-refractivity contribution in [1.29, 1.82) is 0 Å². The van der Waals surface area contributed by atoms with Gasteiger partial charge in [-0.25, -0.2) is 0 Å². The Bertz CT molecular complexity index is 510. The van der Waals surface area contributed by atoms with E-state index in [9.17, 15) is 4.79 Å². The summed E-state index contributed by atoms with van der Waals surface area (Å²) in [6.45, 7) is 4.36. The average molecular weight is 320 g/mol. The number of rotatable bonds is 5. The van der Waals surface area contributed by atoms with Gasteiger partial charge >= 0.3 is 0 Å². The molecule has 1 aromatic rings. The van der Waals surface area contributed by atoms with Crippen molar-refractivity contribution in [2.24, 2.45) is 5.92 Å². The molecule has 1 unspecified atom stereocenters. The summed E-state index contributed by atoms with van der Waals surface area (Å²) in [6, 6.07) is 0.697. The maximum absolute atomic E-state index is 12.4. The first-order chi connectivity index (χ1) is 11.3. The molecule has 2 heterocycles. The van der Waals surface area contributed by atoms with Gasteiger partial charge in [0.05, 0.1) is 12.5 Å². The fraction of sp³-hybridized carbons (Fsp3) is 0.824. The molecule has 1 aromatic heterocycles. The van der Waals surface area contributed by atoms with Crippen molar-refractivity contribution in [3.8, 4) is 0 Å². The van der Waals surface area contributed by atoms with Crippen LogP contribution in [0.3, 0.4) is 0 Å². The molecule has 6 heteroatoms. The van der Waals surface area contributed by atoms with Crippen LogP contribution < -0.4 is 5.32 Å². The summed E-state index contributed by atoms with van der Waals surface area (Å²) in [7, 11) is 0. The Morgan fingerprint density at radius 1 is 1.17 bits per heavy atom. The van der Waals surface area contributed by atoms with Crippen LogP contribution in [0.15, 0.2) is 4.42 Å². The Morgan fingerprint density at radius 3 is 2.70 bits per heavy atom. The van der Waals surface area contributed by atoms with Crippen LogP contribution in [-0.4, -0.2) is 40.1 Å². The number of amides is 1. The Balaban J connectivity index is 1.48. The molecule has 23 heavy (non-hydrogen) atoms. The first-order valence-corrected chi connectivity index (χ1v) is 9.09. The highest BCUT2D eigenvalue weighted by molar-refractivity contribution is 5.78. The highest BCUT2D eigenvalue weighted by Crippen LogP contribution is 2.27. The number of carbonyl (C=O) groups is 1. The second-order valence-corrected chi connectivity index (χ2v) is 6.79. The SMILES string of the molecule is CCc1nnc(CNC(=O)C2CCCN(C3CCCCC3)C2)o1. The van der Waals surface area contributed by atoms with Gasteiger partial charge in [-0.05, 0) is 32.2 Å². The van der Waals surface area contributed by atoms with Gasteiger partial charge in [-0.3, -0.25) is 9.69 Å². The van der Waals surface area contributed by atoms with Crippen LogP contribution in [0.4, 0.5) is 0 Å². The lowest BCUT2D eigenvalue weighted by Gasteiger charge is -2.39. The van der Waals surface area contributed by atoms with Crippen LogP contribution in [0.25, 0.3) is 0 Å². The van der Waals surface area contributed by atoms with Crippen molar-refractivity contribution < 1.29 is 9.21 Å². The van der Waals surface area contributed by atoms with E-state index in [2.05, 4.69) is 20.4 Å². The van der Waals surface area contributed by atoms with Crippen molar-refractivity contribution in [2.75, 3.05) is 13.1 Å². The molecule has 3 rings (SSSR count). The number of likely N-dealkylation sites (tertiary alicyclic amines) is 1. The predicted octanol–water partition coefficient (Wildman–Crippen LogP) is 2.29. The minimum absolute atomic E-state index is 0.0965. The number of nitrogens with zero attached hydrogens (tertiary/aromatic N) is 3. The van der Waals surface area contributed by atoms with E-state index in [4.69, 9.17) is 4.42 Å². The van der Waals surface area contributed by atoms with Gasteiger partial charge in [0.25, 0.3) is 0 Å². The smallest absolute Gasteiger partial charge is 0.235 e. The third-order valence-corrected chi connectivity index (χ3v) is 5.14. The molecule has 1 saturated carbocycles. The maximum atomic E-state index is 12.4. The number of piperidine rings is 1. The van der Waals surface area contributed by atoms with Crippen LogP contribution in [-0.2, 0) is 17.8 Å². The van der Waals surface area contributed by atoms with Gasteiger partial charge in [-0.15, -0.1) is 10.2 Å². The molecular weight excluding hydrogens is 292 g/mol. The van der Waals surface area contributed by atoms with E-state index in [1.807, 2.05) is 6.92 Å². The summed E-state index contributed by atoms with van der Waals surface area (Å²) in [5, 5.41) is 10.8. The lowest BCUT2D eigenvalue weighted by atomic mass is 9.90. The number of aromatic nitrogens is 2. The highest BCUT2D eigenvalue weighted by atomic mass is 16.4. The van der Waals surface area contributed by atoms with Crippen molar-refractivity contribution in [3.63, 3.8) is 0 Å². The standard InChI is InChI=1S/C17H28N4O2/c1-2-15-19-20-16(23-15)11-18-17(22)13-7-6-10-21(12-13)14-8-4-3-5-9-14/h13-14H,2-12H2,1H3,(H,18,22). The number of carbonyl (C=O) groups excluding carboxylic acids is 1. The van der Waals surface area contributed by atoms with E-state index < -0.39 is 0 Å². The summed E-state index contributed by atoms with van der Waals surface area (Å²) in [5.74, 6) is 1.34. The molecule has 0 bridgehead atoms. The molecule has 1 aliphatic carbocycles. The average Bonchev–Trinajstić information content (AvgIpc) is 3.09. The molecule has 2 aliphatic rings. The third-order valence-electron chi connectivity index (χ3n) is 5.14. The Labute approximate surface area is 138 Å². The van der Waals surface area contributed by atoms with E-state index in [1.165, 1.54) is 32.1 Å². The van der Waals surface area contributed by atoms with Crippen molar-refractivity contribution in [1.82, 2.24) is 20.4 Å². The predicted molar refractivity (Wildman–Crippen MR) is 86.7 cm³/mol. The van der Waals surface area contributed by atoms with E-state index in [0.717, 1.165) is 32.4 Å². The molecule has 2 fully saturated rings. The summed E-state index contributed by atoms with van der Waals surface area (Å²) < 4.78 is 5.44. The molecule has 0 spiro atoms. The normalized spacial score (nSPS) is 23.8. The molecular formula is C17H28N4O2. The van der Waals surface area contributed by atoms with Gasteiger partial charge in [0.2, 0.25) is 17.7 Å². The van der Waals surface area contributed by atoms with Crippen LogP contribution in [0.5, 0.6) is 0 Å². The zero-order valence-corrected chi connectivity index (χ0v) is 14.1. The van der Waals surface area contributed by atoms with Crippen molar-refractivity contribution in [3.05, 3.63) is 11.8 Å². The molecule has 0 radical (unpaired) electrons. The molecule has 128 valence electrons. The van der Waals surface area contributed by atoms with Gasteiger partial charge in [-0.2, -0.15) is 0 Å². The maximum Gasteiger partial charge on any atom is 0.235 e. The number of hydrogen-bond donors (Lipinski definition) is 1. The zero-order chi connectivity index (χ0) is 16.1. The fourth-order valence-electron chi connectivity index (χ4n) is 3.81. The van der Waals surface area contributed by atoms with Crippen molar-refractivity contribution in [2.45, 2.75) is 70.9 Å². The number of nitrogens with one attached hydrogen (secondary N) is 1. The second kappa shape index (κ2) is 7.90. The Hall–Kier alpha value is -1.43. The van der Waals surface area contributed by atoms with Crippen LogP contribution >= 0.6 is 0 Å². The van der Waals surface area contributed by atoms with Crippen LogP contribution in [0.2, 0.25) is 0 Å². The van der Waals surface area contributed by atoms with Gasteiger partial charge in [0.1, 0.15) is 0 Å². The minimum atomic E-state index is 0.0965. The number of aryl methyl sites for hydroxylation is 1. The van der Waals surface area contributed by atoms with E-state index in [0.29, 0.717) is 24.4 Å². The summed E-state index contributed by atoms with van der Waals surface area (Å²) in [4.78, 5) is 15.0. The molecule has 1 atom stereocenters. The van der Waals surface area contributed by atoms with Crippen LogP contribution in [0, 0.1) is 5.92 Å². The monoisotopic (exact) mass is 320 g/mol. The summed E-state index contributed by atoms with van der Waals surface area (Å²) in [6.07, 6.45) is 9.49. The van der Waals surface area contributed by atoms with E-state index in [1.54, 1.807) is 0 Å². The second-order valence-electron chi connectivity index (χ2n) is 6.79. The van der Waals surface area contributed by atoms with Crippen LogP contribution in [0.1, 0.15) is 63.7 Å². The number of hydrogen-bond acceptors (Lipinski definition) is 5. The largest absolute Gasteiger partial charge is 0.423 e. The summed E-state index contributed by atoms with van der Waals surface area (Å²) in [5.41, 5.74) is 0. The first-order valence-electron chi connectivity index (χ1n) is 9.09. The quantitative estimate of drug-likeness (QED) is 0.901. The molecule has 0 aromatic carbocycles. The Kier molecular flexibility index (Phi) is 5.65. The van der Waals surface area contributed by atoms with Gasteiger partial charge in [-0.1, -0.05) is 26.2 Å². The molecule has 6 nitrogen and oxygen atoms in total. The zero-order valence-electron chi connectivity index (χ0n) is 14.1. The summed E-state index contributed by atoms with van der Waals surface area (Å²) >= 11 is 0. The highest BCUT2D eigenvalue weighted by Gasteiger charge is 2.30. The molecule has 1 N–H and O–H groups in total. The van der Waals surface area contributed by atoms with Crippen molar-refractivity contribution >= 4 is 5.91 Å². The Morgan fingerprint density at radius 2 is 1.96 bits per heavy atom. The lowest BCUT2D eigenvalue weighted by Crippen LogP contribution is -2.47. The molecule has 1 saturated heterocycles. The van der Waals surface area contributed by atoms with E-state index >= 15 is 0 Å². The third kappa shape index (κ3) is 4.31. The topological polar surface area (TPSA) is 71.3 Å². The minimum Gasteiger partial charge on any atom is -0.423 e. The molecule has 1 amide bonds. The van der Waals surface area contributed by atoms with Gasteiger partial charge in [0, 0.05) is 19.0 Å². The first kappa shape index (κ1) is 16.4. The van der Waals surface area contributed by atoms with Gasteiger partial charge < -0.3 is 9.73 Å². The van der Waals surface area contributed by atoms with Gasteiger partial charge in [0.15, 0.2) is 0 Å².